The first-order valence-electron chi connectivity index (χ1n) is 4.44. The molecule has 3 nitrogen and oxygen atoms in total. The van der Waals surface area contributed by atoms with Crippen LogP contribution in [0.4, 0.5) is 0 Å². The molecule has 0 saturated carbocycles. The van der Waals surface area contributed by atoms with Gasteiger partial charge >= 0.3 is 0 Å². The fourth-order valence-corrected chi connectivity index (χ4v) is 1.64. The van der Waals surface area contributed by atoms with Crippen LogP contribution in [0.5, 0.6) is 5.75 Å². The molecule has 0 aliphatic heterocycles. The molecule has 0 fully saturated rings. The van der Waals surface area contributed by atoms with Gasteiger partial charge < -0.3 is 9.47 Å². The average molecular weight is 226 g/mol. The third kappa shape index (κ3) is 2.85. The van der Waals surface area contributed by atoms with Gasteiger partial charge in [0.05, 0.1) is 26.2 Å². The number of nitrogens with zero attached hydrogens (tertiary/aromatic N) is 1. The molecular weight excluding hydrogens is 214 g/mol. The van der Waals surface area contributed by atoms with E-state index in [-0.39, 0.29) is 0 Å². The Morgan fingerprint density at radius 3 is 2.67 bits per heavy atom. The molecule has 0 unspecified atom stereocenters. The minimum Gasteiger partial charge on any atom is -0.496 e. The van der Waals surface area contributed by atoms with Crippen LogP contribution < -0.4 is 4.74 Å². The molecule has 0 heterocycles. The van der Waals surface area contributed by atoms with E-state index in [0.717, 1.165) is 11.1 Å². The second-order valence-electron chi connectivity index (χ2n) is 3.01. The molecule has 1 aromatic rings. The second-order valence-corrected chi connectivity index (χ2v) is 3.45. The summed E-state index contributed by atoms with van der Waals surface area (Å²) in [5, 5.41) is 9.31. The first-order chi connectivity index (χ1) is 7.22. The molecule has 0 N–H and O–H groups in total. The molecule has 1 aromatic carbocycles. The van der Waals surface area contributed by atoms with Crippen LogP contribution in [-0.4, -0.2) is 14.2 Å². The van der Waals surface area contributed by atoms with Gasteiger partial charge in [-0.3, -0.25) is 0 Å². The van der Waals surface area contributed by atoms with Crippen molar-refractivity contribution in [3.8, 4) is 11.8 Å². The summed E-state index contributed by atoms with van der Waals surface area (Å²) in [5.41, 5.74) is 1.73. The number of hydrogen-bond acceptors (Lipinski definition) is 3. The largest absolute Gasteiger partial charge is 0.496 e. The summed E-state index contributed by atoms with van der Waals surface area (Å²) in [5.74, 6) is 0.635. The van der Waals surface area contributed by atoms with E-state index in [1.807, 2.05) is 0 Å². The van der Waals surface area contributed by atoms with Crippen LogP contribution in [-0.2, 0) is 17.8 Å². The van der Waals surface area contributed by atoms with Crippen molar-refractivity contribution < 1.29 is 9.47 Å². The predicted molar refractivity (Wildman–Crippen MR) is 58.0 cm³/mol. The Balaban J connectivity index is 3.21. The lowest BCUT2D eigenvalue weighted by atomic mass is 10.0. The SMILES string of the molecule is COCc1cc(Cl)cc(OC)c1CC#N. The number of nitriles is 1. The van der Waals surface area contributed by atoms with Crippen LogP contribution >= 0.6 is 11.6 Å². The van der Waals surface area contributed by atoms with E-state index in [9.17, 15) is 0 Å². The van der Waals surface area contributed by atoms with Crippen molar-refractivity contribution in [1.29, 1.82) is 5.26 Å². The predicted octanol–water partition coefficient (Wildman–Crippen LogP) is 2.56. The molecule has 0 spiro atoms. The van der Waals surface area contributed by atoms with Crippen molar-refractivity contribution in [2.75, 3.05) is 14.2 Å². The Morgan fingerprint density at radius 2 is 2.13 bits per heavy atom. The van der Waals surface area contributed by atoms with E-state index in [2.05, 4.69) is 6.07 Å². The summed E-state index contributed by atoms with van der Waals surface area (Å²) in [6.45, 7) is 0.425. The van der Waals surface area contributed by atoms with Gasteiger partial charge in [0.15, 0.2) is 0 Å². The minimum atomic E-state index is 0.291. The van der Waals surface area contributed by atoms with E-state index in [0.29, 0.717) is 23.8 Å². The van der Waals surface area contributed by atoms with Crippen LogP contribution in [0.25, 0.3) is 0 Å². The van der Waals surface area contributed by atoms with Crippen molar-refractivity contribution in [1.82, 2.24) is 0 Å². The Hall–Kier alpha value is -1.24. The molecule has 0 aromatic heterocycles. The van der Waals surface area contributed by atoms with E-state index in [1.165, 1.54) is 0 Å². The lowest BCUT2D eigenvalue weighted by Crippen LogP contribution is -1.99. The molecule has 0 radical (unpaired) electrons. The van der Waals surface area contributed by atoms with Gasteiger partial charge in [0.1, 0.15) is 5.75 Å². The first kappa shape index (κ1) is 11.8. The standard InChI is InChI=1S/C11H12ClNO2/c1-14-7-8-5-9(12)6-11(15-2)10(8)3-4-13/h5-6H,3,7H2,1-2H3. The third-order valence-corrected chi connectivity index (χ3v) is 2.26. The summed E-state index contributed by atoms with van der Waals surface area (Å²) >= 11 is 5.92. The van der Waals surface area contributed by atoms with Gasteiger partial charge in [-0.05, 0) is 17.7 Å². The lowest BCUT2D eigenvalue weighted by Gasteiger charge is -2.11. The van der Waals surface area contributed by atoms with Crippen LogP contribution in [0.1, 0.15) is 11.1 Å². The molecule has 0 atom stereocenters. The summed E-state index contributed by atoms with van der Waals surface area (Å²) in [7, 11) is 3.16. The Kier molecular flexibility index (Phi) is 4.41. The number of halogens is 1. The zero-order chi connectivity index (χ0) is 11.3. The van der Waals surface area contributed by atoms with Crippen LogP contribution in [0.3, 0.4) is 0 Å². The van der Waals surface area contributed by atoms with E-state index in [4.69, 9.17) is 26.3 Å². The van der Waals surface area contributed by atoms with Gasteiger partial charge in [0.25, 0.3) is 0 Å². The Labute approximate surface area is 94.2 Å². The maximum Gasteiger partial charge on any atom is 0.124 e. The molecule has 4 heteroatoms. The maximum absolute atomic E-state index is 8.72. The number of hydrogen-bond donors (Lipinski definition) is 0. The van der Waals surface area contributed by atoms with E-state index >= 15 is 0 Å². The minimum absolute atomic E-state index is 0.291. The third-order valence-electron chi connectivity index (χ3n) is 2.04. The van der Waals surface area contributed by atoms with Crippen molar-refractivity contribution in [3.05, 3.63) is 28.3 Å². The quantitative estimate of drug-likeness (QED) is 0.791. The Bertz CT molecular complexity index is 385. The smallest absolute Gasteiger partial charge is 0.124 e. The van der Waals surface area contributed by atoms with Gasteiger partial charge in [-0.15, -0.1) is 0 Å². The van der Waals surface area contributed by atoms with Gasteiger partial charge in [-0.25, -0.2) is 0 Å². The van der Waals surface area contributed by atoms with Crippen LogP contribution in [0.15, 0.2) is 12.1 Å². The van der Waals surface area contributed by atoms with Crippen molar-refractivity contribution in [3.63, 3.8) is 0 Å². The summed E-state index contributed by atoms with van der Waals surface area (Å²) < 4.78 is 10.2. The maximum atomic E-state index is 8.72. The van der Waals surface area contributed by atoms with Gasteiger partial charge in [0, 0.05) is 17.7 Å². The van der Waals surface area contributed by atoms with Gasteiger partial charge in [0.2, 0.25) is 0 Å². The number of ether oxygens (including phenoxy) is 2. The van der Waals surface area contributed by atoms with Crippen molar-refractivity contribution in [2.24, 2.45) is 0 Å². The van der Waals surface area contributed by atoms with Gasteiger partial charge in [-0.1, -0.05) is 11.6 Å². The van der Waals surface area contributed by atoms with Crippen LogP contribution in [0.2, 0.25) is 5.02 Å². The summed E-state index contributed by atoms with van der Waals surface area (Å²) in [6.07, 6.45) is 0.291. The van der Waals surface area contributed by atoms with E-state index in [1.54, 1.807) is 26.4 Å². The summed E-state index contributed by atoms with van der Waals surface area (Å²) in [6, 6.07) is 5.59. The van der Waals surface area contributed by atoms with Crippen molar-refractivity contribution >= 4 is 11.6 Å². The highest BCUT2D eigenvalue weighted by Crippen LogP contribution is 2.28. The molecule has 0 bridgehead atoms. The number of rotatable bonds is 4. The average Bonchev–Trinajstić information content (AvgIpc) is 2.22. The fourth-order valence-electron chi connectivity index (χ4n) is 1.41. The highest BCUT2D eigenvalue weighted by molar-refractivity contribution is 6.30. The highest BCUT2D eigenvalue weighted by atomic mass is 35.5. The van der Waals surface area contributed by atoms with Gasteiger partial charge in [-0.2, -0.15) is 5.26 Å². The van der Waals surface area contributed by atoms with Crippen LogP contribution in [0, 0.1) is 11.3 Å². The molecule has 1 rings (SSSR count). The Morgan fingerprint density at radius 1 is 1.40 bits per heavy atom. The topological polar surface area (TPSA) is 42.2 Å². The zero-order valence-electron chi connectivity index (χ0n) is 8.71. The fraction of sp³-hybridized carbons (Fsp3) is 0.364. The molecule has 80 valence electrons. The van der Waals surface area contributed by atoms with E-state index < -0.39 is 0 Å². The number of benzene rings is 1. The lowest BCUT2D eigenvalue weighted by molar-refractivity contribution is 0.184. The molecule has 0 aliphatic carbocycles. The normalized spacial score (nSPS) is 9.73. The molecule has 0 aliphatic rings. The highest BCUT2D eigenvalue weighted by Gasteiger charge is 2.10. The number of methoxy groups -OCH3 is 2. The monoisotopic (exact) mass is 225 g/mol. The zero-order valence-corrected chi connectivity index (χ0v) is 9.47. The molecule has 15 heavy (non-hydrogen) atoms. The van der Waals surface area contributed by atoms with Crippen molar-refractivity contribution in [2.45, 2.75) is 13.0 Å². The first-order valence-corrected chi connectivity index (χ1v) is 4.82. The summed E-state index contributed by atoms with van der Waals surface area (Å²) in [4.78, 5) is 0. The molecular formula is C11H12ClNO2. The second kappa shape index (κ2) is 5.59. The molecule has 0 amide bonds. The molecule has 0 saturated heterocycles.